The standard InChI is InChI=1S/C9H4ClNO3/c10-8-6(4-12)1-5(3-11)2-7(8)9(13)14/h1-2,4H,(H,13,14). The molecule has 70 valence electrons. The highest BCUT2D eigenvalue weighted by molar-refractivity contribution is 6.35. The molecule has 5 heteroatoms. The lowest BCUT2D eigenvalue weighted by Crippen LogP contribution is -2.01. The number of rotatable bonds is 2. The van der Waals surface area contributed by atoms with Gasteiger partial charge in [-0.1, -0.05) is 11.6 Å². The monoisotopic (exact) mass is 209 g/mol. The van der Waals surface area contributed by atoms with E-state index in [-0.39, 0.29) is 21.7 Å². The molecule has 0 saturated carbocycles. The molecule has 0 radical (unpaired) electrons. The first-order chi connectivity index (χ1) is 6.60. The molecule has 0 atom stereocenters. The van der Waals surface area contributed by atoms with E-state index >= 15 is 0 Å². The Morgan fingerprint density at radius 2 is 2.21 bits per heavy atom. The van der Waals surface area contributed by atoms with Gasteiger partial charge in [-0.2, -0.15) is 5.26 Å². The second-order valence-electron chi connectivity index (χ2n) is 2.46. The largest absolute Gasteiger partial charge is 0.478 e. The Hall–Kier alpha value is -1.86. The number of hydrogen-bond acceptors (Lipinski definition) is 3. The minimum atomic E-state index is -1.27. The fourth-order valence-corrected chi connectivity index (χ4v) is 1.19. The fourth-order valence-electron chi connectivity index (χ4n) is 0.953. The van der Waals surface area contributed by atoms with E-state index in [0.717, 1.165) is 6.07 Å². The maximum Gasteiger partial charge on any atom is 0.337 e. The fraction of sp³-hybridized carbons (Fsp3) is 0. The molecule has 0 amide bonds. The van der Waals surface area contributed by atoms with Gasteiger partial charge in [0, 0.05) is 5.56 Å². The van der Waals surface area contributed by atoms with Crippen LogP contribution in [0.4, 0.5) is 0 Å². The smallest absolute Gasteiger partial charge is 0.337 e. The van der Waals surface area contributed by atoms with Crippen molar-refractivity contribution in [1.29, 1.82) is 5.26 Å². The van der Waals surface area contributed by atoms with Crippen molar-refractivity contribution in [1.82, 2.24) is 0 Å². The number of aldehydes is 1. The molecule has 0 fully saturated rings. The zero-order valence-electron chi connectivity index (χ0n) is 6.82. The van der Waals surface area contributed by atoms with Crippen LogP contribution in [0.15, 0.2) is 12.1 Å². The van der Waals surface area contributed by atoms with Crippen LogP contribution in [-0.2, 0) is 0 Å². The lowest BCUT2D eigenvalue weighted by Gasteiger charge is -2.01. The molecule has 1 N–H and O–H groups in total. The number of nitriles is 1. The summed E-state index contributed by atoms with van der Waals surface area (Å²) in [6.45, 7) is 0. The molecular formula is C9H4ClNO3. The molecule has 4 nitrogen and oxygen atoms in total. The first-order valence-electron chi connectivity index (χ1n) is 3.52. The van der Waals surface area contributed by atoms with Gasteiger partial charge in [0.2, 0.25) is 0 Å². The zero-order chi connectivity index (χ0) is 10.7. The number of hydrogen-bond donors (Lipinski definition) is 1. The summed E-state index contributed by atoms with van der Waals surface area (Å²) >= 11 is 5.61. The molecule has 0 aliphatic heterocycles. The highest BCUT2D eigenvalue weighted by Crippen LogP contribution is 2.21. The average molecular weight is 210 g/mol. The van der Waals surface area contributed by atoms with Gasteiger partial charge in [-0.15, -0.1) is 0 Å². The summed E-state index contributed by atoms with van der Waals surface area (Å²) < 4.78 is 0. The molecule has 0 saturated heterocycles. The van der Waals surface area contributed by atoms with Crippen LogP contribution in [0.2, 0.25) is 5.02 Å². The van der Waals surface area contributed by atoms with Crippen molar-refractivity contribution in [3.63, 3.8) is 0 Å². The van der Waals surface area contributed by atoms with Crippen LogP contribution in [0.1, 0.15) is 26.3 Å². The highest BCUT2D eigenvalue weighted by atomic mass is 35.5. The molecule has 0 aliphatic carbocycles. The molecule has 0 bridgehead atoms. The van der Waals surface area contributed by atoms with Crippen molar-refractivity contribution in [2.45, 2.75) is 0 Å². The van der Waals surface area contributed by atoms with Crippen LogP contribution in [-0.4, -0.2) is 17.4 Å². The third-order valence-electron chi connectivity index (χ3n) is 1.59. The van der Waals surface area contributed by atoms with Crippen molar-refractivity contribution in [3.8, 4) is 6.07 Å². The van der Waals surface area contributed by atoms with Crippen LogP contribution in [0, 0.1) is 11.3 Å². The van der Waals surface area contributed by atoms with Gasteiger partial charge in [-0.05, 0) is 12.1 Å². The zero-order valence-corrected chi connectivity index (χ0v) is 7.58. The molecule has 0 unspecified atom stereocenters. The van der Waals surface area contributed by atoms with Gasteiger partial charge >= 0.3 is 5.97 Å². The Kier molecular flexibility index (Phi) is 2.85. The van der Waals surface area contributed by atoms with E-state index in [1.54, 1.807) is 6.07 Å². The van der Waals surface area contributed by atoms with E-state index in [0.29, 0.717) is 6.29 Å². The van der Waals surface area contributed by atoms with Crippen molar-refractivity contribution >= 4 is 23.9 Å². The van der Waals surface area contributed by atoms with E-state index < -0.39 is 5.97 Å². The molecule has 14 heavy (non-hydrogen) atoms. The molecule has 0 aliphatic rings. The van der Waals surface area contributed by atoms with Gasteiger partial charge < -0.3 is 5.11 Å². The predicted molar refractivity (Wildman–Crippen MR) is 48.5 cm³/mol. The minimum absolute atomic E-state index is 0.00289. The minimum Gasteiger partial charge on any atom is -0.478 e. The van der Waals surface area contributed by atoms with Crippen LogP contribution in [0.5, 0.6) is 0 Å². The van der Waals surface area contributed by atoms with E-state index in [1.807, 2.05) is 0 Å². The summed E-state index contributed by atoms with van der Waals surface area (Å²) in [5, 5.41) is 17.1. The normalized spacial score (nSPS) is 9.14. The van der Waals surface area contributed by atoms with Gasteiger partial charge in [0.05, 0.1) is 22.2 Å². The molecular weight excluding hydrogens is 206 g/mol. The summed E-state index contributed by atoms with van der Waals surface area (Å²) in [4.78, 5) is 21.1. The van der Waals surface area contributed by atoms with Crippen molar-refractivity contribution < 1.29 is 14.7 Å². The summed E-state index contributed by atoms with van der Waals surface area (Å²) in [6, 6.07) is 4.10. The third-order valence-corrected chi connectivity index (χ3v) is 2.01. The molecule has 1 aromatic carbocycles. The first kappa shape index (κ1) is 10.2. The topological polar surface area (TPSA) is 78.2 Å². The SMILES string of the molecule is N#Cc1cc(C=O)c(Cl)c(C(=O)O)c1. The number of carbonyl (C=O) groups is 2. The number of nitrogens with zero attached hydrogens (tertiary/aromatic N) is 1. The highest BCUT2D eigenvalue weighted by Gasteiger charge is 2.13. The lowest BCUT2D eigenvalue weighted by molar-refractivity contribution is 0.0697. The van der Waals surface area contributed by atoms with E-state index in [1.165, 1.54) is 6.07 Å². The van der Waals surface area contributed by atoms with Gasteiger partial charge in [-0.25, -0.2) is 4.79 Å². The van der Waals surface area contributed by atoms with Crippen LogP contribution in [0.25, 0.3) is 0 Å². The van der Waals surface area contributed by atoms with Crippen molar-refractivity contribution in [2.75, 3.05) is 0 Å². The first-order valence-corrected chi connectivity index (χ1v) is 3.90. The Balaban J connectivity index is 3.51. The van der Waals surface area contributed by atoms with Crippen molar-refractivity contribution in [2.24, 2.45) is 0 Å². The summed E-state index contributed by atoms with van der Waals surface area (Å²) in [7, 11) is 0. The number of benzene rings is 1. The van der Waals surface area contributed by atoms with Crippen molar-refractivity contribution in [3.05, 3.63) is 33.8 Å². The van der Waals surface area contributed by atoms with E-state index in [2.05, 4.69) is 0 Å². The summed E-state index contributed by atoms with van der Waals surface area (Å²) in [5.74, 6) is -1.27. The molecule has 0 spiro atoms. The Labute approximate surface area is 84.3 Å². The van der Waals surface area contributed by atoms with Gasteiger partial charge in [0.1, 0.15) is 0 Å². The number of carboxylic acids is 1. The molecule has 0 heterocycles. The van der Waals surface area contributed by atoms with Gasteiger partial charge in [-0.3, -0.25) is 4.79 Å². The summed E-state index contributed by atoms with van der Waals surface area (Å²) in [5.41, 5.74) is -0.148. The molecule has 1 rings (SSSR count). The molecule has 1 aromatic rings. The van der Waals surface area contributed by atoms with E-state index in [4.69, 9.17) is 22.0 Å². The lowest BCUT2D eigenvalue weighted by atomic mass is 10.1. The summed E-state index contributed by atoms with van der Waals surface area (Å²) in [6.07, 6.45) is 0.412. The van der Waals surface area contributed by atoms with E-state index in [9.17, 15) is 9.59 Å². The number of halogens is 1. The Bertz CT molecular complexity index is 448. The van der Waals surface area contributed by atoms with Crippen LogP contribution in [0.3, 0.4) is 0 Å². The maximum absolute atomic E-state index is 10.6. The van der Waals surface area contributed by atoms with Gasteiger partial charge in [0.15, 0.2) is 6.29 Å². The predicted octanol–water partition coefficient (Wildman–Crippen LogP) is 1.72. The molecule has 0 aromatic heterocycles. The third kappa shape index (κ3) is 1.73. The number of carboxylic acid groups (broad SMARTS) is 1. The second kappa shape index (κ2) is 3.90. The second-order valence-corrected chi connectivity index (χ2v) is 2.84. The Morgan fingerprint density at radius 3 is 2.64 bits per heavy atom. The number of aromatic carboxylic acids is 1. The quantitative estimate of drug-likeness (QED) is 0.753. The average Bonchev–Trinajstić information content (AvgIpc) is 2.17. The number of carbonyl (C=O) groups excluding carboxylic acids is 1. The van der Waals surface area contributed by atoms with Gasteiger partial charge in [0.25, 0.3) is 0 Å². The Morgan fingerprint density at radius 1 is 1.57 bits per heavy atom. The van der Waals surface area contributed by atoms with Crippen LogP contribution >= 0.6 is 11.6 Å². The maximum atomic E-state index is 10.6. The van der Waals surface area contributed by atoms with Crippen LogP contribution < -0.4 is 0 Å².